The zero-order valence-corrected chi connectivity index (χ0v) is 39.8. The number of nitrogens with zero attached hydrogens (tertiary/aromatic N) is 2. The average Bonchev–Trinajstić information content (AvgIpc) is 3.71. The van der Waals surface area contributed by atoms with Crippen LogP contribution in [0.3, 0.4) is 0 Å². The largest absolute Gasteiger partial charge is 0.309 e. The molecule has 0 aliphatic rings. The summed E-state index contributed by atoms with van der Waals surface area (Å²) >= 11 is 0. The van der Waals surface area contributed by atoms with Crippen molar-refractivity contribution in [3.8, 4) is 50.2 Å². The maximum absolute atomic E-state index is 2.56. The molecule has 0 N–H and O–H groups in total. The van der Waals surface area contributed by atoms with Crippen LogP contribution in [0.25, 0.3) is 82.8 Å². The van der Waals surface area contributed by atoms with Gasteiger partial charge in [0.2, 0.25) is 0 Å². The first-order valence-electron chi connectivity index (χ1n) is 23.9. The minimum absolute atomic E-state index is 0.0493. The van der Waals surface area contributed by atoms with Gasteiger partial charge in [0.15, 0.2) is 0 Å². The van der Waals surface area contributed by atoms with Crippen LogP contribution in [0.15, 0.2) is 231 Å². The van der Waals surface area contributed by atoms with Crippen molar-refractivity contribution < 1.29 is 0 Å². The second-order valence-corrected chi connectivity index (χ2v) is 20.1. The second-order valence-electron chi connectivity index (χ2n) is 20.1. The van der Waals surface area contributed by atoms with Crippen molar-refractivity contribution in [1.29, 1.82) is 0 Å². The summed E-state index contributed by atoms with van der Waals surface area (Å²) in [5, 5.41) is 4.90. The third-order valence-electron chi connectivity index (χ3n) is 13.7. The molecule has 0 saturated carbocycles. The normalized spacial score (nSPS) is 12.0. The second kappa shape index (κ2) is 17.0. The summed E-state index contributed by atoms with van der Waals surface area (Å²) in [6.45, 7) is 14.0. The Bertz CT molecular complexity index is 3600. The molecule has 68 heavy (non-hydrogen) atoms. The van der Waals surface area contributed by atoms with Crippen LogP contribution >= 0.6 is 0 Å². The highest BCUT2D eigenvalue weighted by atomic mass is 15.2. The van der Waals surface area contributed by atoms with Crippen molar-refractivity contribution >= 4 is 49.6 Å². The minimum atomic E-state index is -0.0493. The molecule has 1 heterocycles. The highest BCUT2D eigenvalue weighted by Crippen LogP contribution is 2.51. The topological polar surface area (TPSA) is 8.17 Å². The number of fused-ring (bicyclic) bond motifs is 4. The van der Waals surface area contributed by atoms with E-state index >= 15 is 0 Å². The number of benzene rings is 10. The molecule has 0 fully saturated rings. The molecule has 0 radical (unpaired) electrons. The summed E-state index contributed by atoms with van der Waals surface area (Å²) in [5.74, 6) is 0. The first-order chi connectivity index (χ1) is 33.0. The standard InChI is InChI=1S/C66H56N2/c1-65(2,3)48-42-47(43-49(44-48)66(4,5)6)51-30-13-17-37-58(51)68(59-38-18-14-31-53(59)55-35-22-27-46-26-21-34-52(63(46)55)45-24-9-7-10-25-45)60-39-19-15-32-54(60)56-36-23-41-62-64(56)57-33-16-20-40-61(57)67(62)50-28-11-8-12-29-50/h7-44H,1-6H3. The van der Waals surface area contributed by atoms with Gasteiger partial charge >= 0.3 is 0 Å². The van der Waals surface area contributed by atoms with Crippen LogP contribution in [0.4, 0.5) is 17.1 Å². The molecule has 0 bridgehead atoms. The van der Waals surface area contributed by atoms with Crippen LogP contribution < -0.4 is 4.90 Å². The fourth-order valence-electron chi connectivity index (χ4n) is 10.3. The highest BCUT2D eigenvalue weighted by molar-refractivity contribution is 6.17. The number of rotatable bonds is 8. The van der Waals surface area contributed by atoms with Crippen molar-refractivity contribution in [2.24, 2.45) is 0 Å². The van der Waals surface area contributed by atoms with Crippen molar-refractivity contribution in [1.82, 2.24) is 4.57 Å². The van der Waals surface area contributed by atoms with Gasteiger partial charge in [0.1, 0.15) is 0 Å². The van der Waals surface area contributed by atoms with Crippen LogP contribution in [0.5, 0.6) is 0 Å². The van der Waals surface area contributed by atoms with Gasteiger partial charge in [-0.1, -0.05) is 230 Å². The number of hydrogen-bond donors (Lipinski definition) is 0. The van der Waals surface area contributed by atoms with Gasteiger partial charge in [0.25, 0.3) is 0 Å². The first-order valence-corrected chi connectivity index (χ1v) is 23.9. The molecule has 10 aromatic carbocycles. The molecular weight excluding hydrogens is 821 g/mol. The molecule has 11 aromatic rings. The van der Waals surface area contributed by atoms with E-state index in [0.717, 1.165) is 33.9 Å². The van der Waals surface area contributed by atoms with Gasteiger partial charge in [-0.05, 0) is 103 Å². The lowest BCUT2D eigenvalue weighted by Crippen LogP contribution is -2.17. The quantitative estimate of drug-likeness (QED) is 0.148. The minimum Gasteiger partial charge on any atom is -0.309 e. The molecule has 0 aliphatic heterocycles. The van der Waals surface area contributed by atoms with Gasteiger partial charge in [-0.3, -0.25) is 0 Å². The molecule has 2 nitrogen and oxygen atoms in total. The van der Waals surface area contributed by atoms with E-state index < -0.39 is 0 Å². The van der Waals surface area contributed by atoms with E-state index in [1.807, 2.05) is 0 Å². The Balaban J connectivity index is 1.23. The third-order valence-corrected chi connectivity index (χ3v) is 13.7. The lowest BCUT2D eigenvalue weighted by atomic mass is 9.78. The maximum atomic E-state index is 2.56. The van der Waals surface area contributed by atoms with Crippen molar-refractivity contribution in [3.05, 3.63) is 242 Å². The van der Waals surface area contributed by atoms with Gasteiger partial charge in [-0.25, -0.2) is 0 Å². The van der Waals surface area contributed by atoms with Crippen LogP contribution in [0, 0.1) is 0 Å². The van der Waals surface area contributed by atoms with Gasteiger partial charge in [-0.2, -0.15) is 0 Å². The molecule has 0 spiro atoms. The van der Waals surface area contributed by atoms with Crippen LogP contribution in [0.1, 0.15) is 52.7 Å². The molecule has 0 saturated heterocycles. The number of aromatic nitrogens is 1. The summed E-state index contributed by atoms with van der Waals surface area (Å²) < 4.78 is 2.42. The van der Waals surface area contributed by atoms with E-state index in [1.165, 1.54) is 77.1 Å². The van der Waals surface area contributed by atoms with E-state index in [2.05, 4.69) is 282 Å². The lowest BCUT2D eigenvalue weighted by Gasteiger charge is -2.32. The van der Waals surface area contributed by atoms with Gasteiger partial charge in [-0.15, -0.1) is 0 Å². The predicted octanol–water partition coefficient (Wildman–Crippen LogP) is 18.7. The molecular formula is C66H56N2. The predicted molar refractivity (Wildman–Crippen MR) is 292 cm³/mol. The molecule has 0 amide bonds. The molecule has 11 rings (SSSR count). The SMILES string of the molecule is CC(C)(C)c1cc(-c2ccccc2N(c2ccccc2-c2cccc3cccc(-c4ccccc4)c23)c2ccccc2-c2cccc3c2c2ccccc2n3-c2ccccc2)cc(C(C)(C)C)c1. The smallest absolute Gasteiger partial charge is 0.0547 e. The average molecular weight is 877 g/mol. The van der Waals surface area contributed by atoms with Crippen molar-refractivity contribution in [2.45, 2.75) is 52.4 Å². The number of anilines is 3. The summed E-state index contributed by atoms with van der Waals surface area (Å²) in [6, 6.07) is 85.1. The molecule has 0 unspecified atom stereocenters. The fraction of sp³-hybridized carbons (Fsp3) is 0.121. The summed E-state index contributed by atoms with van der Waals surface area (Å²) in [4.78, 5) is 2.56. The lowest BCUT2D eigenvalue weighted by molar-refractivity contribution is 0.569. The van der Waals surface area contributed by atoms with Crippen LogP contribution in [-0.4, -0.2) is 4.57 Å². The van der Waals surface area contributed by atoms with Gasteiger partial charge in [0, 0.05) is 33.2 Å². The van der Waals surface area contributed by atoms with Gasteiger partial charge in [0.05, 0.1) is 28.1 Å². The summed E-state index contributed by atoms with van der Waals surface area (Å²) in [7, 11) is 0. The first kappa shape index (κ1) is 42.7. The van der Waals surface area contributed by atoms with Gasteiger partial charge < -0.3 is 9.47 Å². The molecule has 0 aliphatic carbocycles. The van der Waals surface area contributed by atoms with E-state index in [4.69, 9.17) is 0 Å². The van der Waals surface area contributed by atoms with Crippen molar-refractivity contribution in [3.63, 3.8) is 0 Å². The van der Waals surface area contributed by atoms with E-state index in [9.17, 15) is 0 Å². The Labute approximate surface area is 401 Å². The molecule has 0 atom stereocenters. The molecule has 1 aromatic heterocycles. The monoisotopic (exact) mass is 876 g/mol. The van der Waals surface area contributed by atoms with Crippen LogP contribution in [-0.2, 0) is 10.8 Å². The zero-order valence-electron chi connectivity index (χ0n) is 39.8. The highest BCUT2D eigenvalue weighted by Gasteiger charge is 2.27. The maximum Gasteiger partial charge on any atom is 0.0547 e. The Kier molecular flexibility index (Phi) is 10.7. The Morgan fingerprint density at radius 1 is 0.324 bits per heavy atom. The fourth-order valence-corrected chi connectivity index (χ4v) is 10.3. The van der Waals surface area contributed by atoms with E-state index in [0.29, 0.717) is 0 Å². The Hall–Kier alpha value is -7.94. The van der Waals surface area contributed by atoms with Crippen LogP contribution in [0.2, 0.25) is 0 Å². The van der Waals surface area contributed by atoms with E-state index in [-0.39, 0.29) is 10.8 Å². The zero-order chi connectivity index (χ0) is 46.6. The summed E-state index contributed by atoms with van der Waals surface area (Å²) in [6.07, 6.45) is 0. The summed E-state index contributed by atoms with van der Waals surface area (Å²) in [5.41, 5.74) is 18.9. The number of para-hydroxylation sites is 5. The van der Waals surface area contributed by atoms with Crippen molar-refractivity contribution in [2.75, 3.05) is 4.90 Å². The molecule has 2 heteroatoms. The molecule has 330 valence electrons. The Morgan fingerprint density at radius 3 is 1.37 bits per heavy atom. The third kappa shape index (κ3) is 7.57. The Morgan fingerprint density at radius 2 is 0.765 bits per heavy atom. The number of hydrogen-bond acceptors (Lipinski definition) is 1. The van der Waals surface area contributed by atoms with E-state index in [1.54, 1.807) is 0 Å².